The molecule has 0 fully saturated rings. The van der Waals surface area contributed by atoms with Crippen LogP contribution < -0.4 is 5.32 Å². The fraction of sp³-hybridized carbons (Fsp3) is 0.364. The zero-order valence-corrected chi connectivity index (χ0v) is 10.2. The van der Waals surface area contributed by atoms with Gasteiger partial charge in [-0.05, 0) is 12.5 Å². The molecule has 0 heterocycles. The van der Waals surface area contributed by atoms with Crippen molar-refractivity contribution in [1.82, 2.24) is 5.32 Å². The maximum Gasteiger partial charge on any atom is 0.234 e. The van der Waals surface area contributed by atoms with Crippen LogP contribution in [0, 0.1) is 6.92 Å². The van der Waals surface area contributed by atoms with Crippen molar-refractivity contribution >= 4 is 15.7 Å². The highest BCUT2D eigenvalue weighted by atomic mass is 32.2. The Hall–Kier alpha value is -1.36. The van der Waals surface area contributed by atoms with Gasteiger partial charge in [0, 0.05) is 7.05 Å². The Morgan fingerprint density at radius 2 is 1.81 bits per heavy atom. The average molecular weight is 241 g/mol. The van der Waals surface area contributed by atoms with E-state index >= 15 is 0 Å². The summed E-state index contributed by atoms with van der Waals surface area (Å²) in [4.78, 5) is 11.0. The molecule has 5 heteroatoms. The van der Waals surface area contributed by atoms with E-state index in [9.17, 15) is 13.2 Å². The molecule has 0 bridgehead atoms. The molecule has 1 aromatic rings. The van der Waals surface area contributed by atoms with E-state index in [-0.39, 0.29) is 5.75 Å². The first kappa shape index (κ1) is 12.7. The Morgan fingerprint density at radius 1 is 1.25 bits per heavy atom. The molecular formula is C11H15NO3S. The zero-order valence-electron chi connectivity index (χ0n) is 9.36. The van der Waals surface area contributed by atoms with Crippen molar-refractivity contribution in [2.45, 2.75) is 12.7 Å². The van der Waals surface area contributed by atoms with E-state index in [1.165, 1.54) is 7.05 Å². The molecule has 88 valence electrons. The van der Waals surface area contributed by atoms with Gasteiger partial charge in [0.15, 0.2) is 9.84 Å². The van der Waals surface area contributed by atoms with Gasteiger partial charge in [0.05, 0.1) is 5.75 Å². The van der Waals surface area contributed by atoms with Crippen LogP contribution in [0.25, 0.3) is 0 Å². The first-order chi connectivity index (χ1) is 7.43. The van der Waals surface area contributed by atoms with Crippen LogP contribution in [0.5, 0.6) is 0 Å². The van der Waals surface area contributed by atoms with Crippen molar-refractivity contribution < 1.29 is 13.2 Å². The molecule has 0 atom stereocenters. The van der Waals surface area contributed by atoms with Crippen molar-refractivity contribution in [2.24, 2.45) is 0 Å². The zero-order chi connectivity index (χ0) is 12.2. The van der Waals surface area contributed by atoms with Gasteiger partial charge < -0.3 is 5.32 Å². The third-order valence-electron chi connectivity index (χ3n) is 2.14. The highest BCUT2D eigenvalue weighted by Crippen LogP contribution is 2.08. The Balaban J connectivity index is 2.73. The van der Waals surface area contributed by atoms with E-state index in [1.54, 1.807) is 12.1 Å². The highest BCUT2D eigenvalue weighted by molar-refractivity contribution is 7.91. The Morgan fingerprint density at radius 3 is 2.31 bits per heavy atom. The lowest BCUT2D eigenvalue weighted by atomic mass is 10.2. The molecule has 0 aromatic heterocycles. The molecule has 0 saturated carbocycles. The number of nitrogens with one attached hydrogen (secondary N) is 1. The lowest BCUT2D eigenvalue weighted by Gasteiger charge is -2.04. The topological polar surface area (TPSA) is 63.2 Å². The van der Waals surface area contributed by atoms with E-state index in [0.717, 1.165) is 5.56 Å². The van der Waals surface area contributed by atoms with Crippen molar-refractivity contribution in [3.8, 4) is 0 Å². The number of benzene rings is 1. The number of amides is 1. The second-order valence-corrected chi connectivity index (χ2v) is 5.76. The van der Waals surface area contributed by atoms with E-state index in [4.69, 9.17) is 0 Å². The van der Waals surface area contributed by atoms with Crippen LogP contribution >= 0.6 is 0 Å². The molecule has 1 aromatic carbocycles. The minimum Gasteiger partial charge on any atom is -0.358 e. The maximum atomic E-state index is 11.6. The van der Waals surface area contributed by atoms with Gasteiger partial charge >= 0.3 is 0 Å². The fourth-order valence-corrected chi connectivity index (χ4v) is 2.61. The SMILES string of the molecule is CNC(=O)CS(=O)(=O)Cc1ccc(C)cc1. The predicted molar refractivity (Wildman–Crippen MR) is 62.7 cm³/mol. The van der Waals surface area contributed by atoms with Gasteiger partial charge in [-0.3, -0.25) is 4.79 Å². The molecule has 4 nitrogen and oxygen atoms in total. The van der Waals surface area contributed by atoms with E-state index in [1.807, 2.05) is 19.1 Å². The Labute approximate surface area is 95.6 Å². The quantitative estimate of drug-likeness (QED) is 0.842. The summed E-state index contributed by atoms with van der Waals surface area (Å²) >= 11 is 0. The molecule has 1 rings (SSSR count). The summed E-state index contributed by atoms with van der Waals surface area (Å²) < 4.78 is 23.2. The number of sulfone groups is 1. The van der Waals surface area contributed by atoms with E-state index in [0.29, 0.717) is 5.56 Å². The van der Waals surface area contributed by atoms with Crippen LogP contribution in [-0.2, 0) is 20.4 Å². The molecule has 1 amide bonds. The molecule has 0 spiro atoms. The second-order valence-electron chi connectivity index (χ2n) is 3.69. The number of carbonyl (C=O) groups is 1. The number of rotatable bonds is 4. The number of carbonyl (C=O) groups excluding carboxylic acids is 1. The third-order valence-corrected chi connectivity index (χ3v) is 3.61. The van der Waals surface area contributed by atoms with Crippen molar-refractivity contribution in [3.63, 3.8) is 0 Å². The summed E-state index contributed by atoms with van der Waals surface area (Å²) in [6.07, 6.45) is 0. The van der Waals surface area contributed by atoms with Gasteiger partial charge in [-0.15, -0.1) is 0 Å². The van der Waals surface area contributed by atoms with Crippen molar-refractivity contribution in [2.75, 3.05) is 12.8 Å². The molecule has 0 unspecified atom stereocenters. The lowest BCUT2D eigenvalue weighted by molar-refractivity contribution is -0.118. The molecule has 0 aliphatic rings. The van der Waals surface area contributed by atoms with Crippen LogP contribution in [0.3, 0.4) is 0 Å². The predicted octanol–water partition coefficient (Wildman–Crippen LogP) is 0.656. The smallest absolute Gasteiger partial charge is 0.234 e. The molecule has 16 heavy (non-hydrogen) atoms. The van der Waals surface area contributed by atoms with Crippen molar-refractivity contribution in [3.05, 3.63) is 35.4 Å². The number of aryl methyl sites for hydroxylation is 1. The first-order valence-electron chi connectivity index (χ1n) is 4.89. The van der Waals surface area contributed by atoms with Crippen LogP contribution in [0.2, 0.25) is 0 Å². The average Bonchev–Trinajstić information content (AvgIpc) is 2.20. The van der Waals surface area contributed by atoms with Crippen molar-refractivity contribution in [1.29, 1.82) is 0 Å². The monoisotopic (exact) mass is 241 g/mol. The largest absolute Gasteiger partial charge is 0.358 e. The standard InChI is InChI=1S/C11H15NO3S/c1-9-3-5-10(6-4-9)7-16(14,15)8-11(13)12-2/h3-6H,7-8H2,1-2H3,(H,12,13). The van der Waals surface area contributed by atoms with Gasteiger partial charge in [0.1, 0.15) is 5.75 Å². The number of hydrogen-bond acceptors (Lipinski definition) is 3. The molecule has 0 aliphatic heterocycles. The molecule has 0 saturated heterocycles. The summed E-state index contributed by atoms with van der Waals surface area (Å²) in [5.41, 5.74) is 1.78. The Kier molecular flexibility index (Phi) is 4.06. The summed E-state index contributed by atoms with van der Waals surface area (Å²) in [5, 5.41) is 2.30. The van der Waals surface area contributed by atoms with Gasteiger partial charge in [-0.2, -0.15) is 0 Å². The van der Waals surface area contributed by atoms with Crippen LogP contribution in [0.4, 0.5) is 0 Å². The summed E-state index contributed by atoms with van der Waals surface area (Å²) in [7, 11) is -1.95. The van der Waals surface area contributed by atoms with Crippen LogP contribution in [-0.4, -0.2) is 27.1 Å². The molecule has 0 radical (unpaired) electrons. The summed E-state index contributed by atoms with van der Waals surface area (Å²) in [6.45, 7) is 1.93. The van der Waals surface area contributed by atoms with Gasteiger partial charge in [-0.1, -0.05) is 29.8 Å². The minimum atomic E-state index is -3.37. The summed E-state index contributed by atoms with van der Waals surface area (Å²) in [6, 6.07) is 7.23. The molecular weight excluding hydrogens is 226 g/mol. The fourth-order valence-electron chi connectivity index (χ4n) is 1.26. The van der Waals surface area contributed by atoms with Gasteiger partial charge in [0.2, 0.25) is 5.91 Å². The number of hydrogen-bond donors (Lipinski definition) is 1. The lowest BCUT2D eigenvalue weighted by Crippen LogP contribution is -2.27. The minimum absolute atomic E-state index is 0.0965. The van der Waals surface area contributed by atoms with Crippen LogP contribution in [0.1, 0.15) is 11.1 Å². The molecule has 1 N–H and O–H groups in total. The molecule has 0 aliphatic carbocycles. The highest BCUT2D eigenvalue weighted by Gasteiger charge is 2.16. The first-order valence-corrected chi connectivity index (χ1v) is 6.71. The van der Waals surface area contributed by atoms with Gasteiger partial charge in [0.25, 0.3) is 0 Å². The third kappa shape index (κ3) is 4.02. The van der Waals surface area contributed by atoms with Gasteiger partial charge in [-0.25, -0.2) is 8.42 Å². The van der Waals surface area contributed by atoms with E-state index < -0.39 is 21.5 Å². The van der Waals surface area contributed by atoms with E-state index in [2.05, 4.69) is 5.32 Å². The second kappa shape index (κ2) is 5.12. The Bertz CT molecular complexity index is 463. The normalized spacial score (nSPS) is 11.1. The van der Waals surface area contributed by atoms with Crippen LogP contribution in [0.15, 0.2) is 24.3 Å². The maximum absolute atomic E-state index is 11.6. The summed E-state index contributed by atoms with van der Waals surface area (Å²) in [5.74, 6) is -1.04.